The smallest absolute Gasteiger partial charge is 0.300 e. The number of hydrogen-bond acceptors (Lipinski definition) is 2. The van der Waals surface area contributed by atoms with Crippen molar-refractivity contribution >= 4 is 23.2 Å². The highest BCUT2D eigenvalue weighted by Crippen LogP contribution is 2.29. The first-order valence-corrected chi connectivity index (χ1v) is 6.12. The van der Waals surface area contributed by atoms with E-state index in [9.17, 15) is 18.0 Å². The fraction of sp³-hybridized carbons (Fsp3) is 0.167. The van der Waals surface area contributed by atoms with E-state index < -0.39 is 17.4 Å². The maximum atomic E-state index is 12.9. The van der Waals surface area contributed by atoms with Gasteiger partial charge in [-0.3, -0.25) is 9.36 Å². The zero-order valence-corrected chi connectivity index (χ0v) is 11.3. The van der Waals surface area contributed by atoms with E-state index in [2.05, 4.69) is 4.98 Å². The minimum absolute atomic E-state index is 0.0404. The lowest BCUT2D eigenvalue weighted by atomic mass is 10.2. The molecule has 0 aromatic carbocycles. The molecule has 0 aliphatic rings. The van der Waals surface area contributed by atoms with E-state index in [1.54, 1.807) is 0 Å². The molecule has 0 saturated carbocycles. The van der Waals surface area contributed by atoms with E-state index in [1.807, 2.05) is 0 Å². The van der Waals surface area contributed by atoms with Gasteiger partial charge >= 0.3 is 6.18 Å². The van der Waals surface area contributed by atoms with Crippen LogP contribution in [-0.4, -0.2) is 9.55 Å². The number of rotatable bonds is 2. The van der Waals surface area contributed by atoms with Gasteiger partial charge in [-0.1, -0.05) is 35.3 Å². The van der Waals surface area contributed by atoms with Gasteiger partial charge in [0, 0.05) is 11.6 Å². The van der Waals surface area contributed by atoms with Crippen molar-refractivity contribution in [1.82, 2.24) is 9.55 Å². The molecule has 0 fully saturated rings. The monoisotopic (exact) mass is 322 g/mol. The number of nitrogens with zero attached hydrogens (tertiary/aromatic N) is 2. The average Bonchev–Trinajstić information content (AvgIpc) is 2.33. The van der Waals surface area contributed by atoms with Crippen LogP contribution in [0.3, 0.4) is 0 Å². The van der Waals surface area contributed by atoms with Gasteiger partial charge in [-0.25, -0.2) is 4.98 Å². The molecule has 0 aliphatic heterocycles. The summed E-state index contributed by atoms with van der Waals surface area (Å²) < 4.78 is 39.2. The Morgan fingerprint density at radius 1 is 1.15 bits per heavy atom. The van der Waals surface area contributed by atoms with Crippen molar-refractivity contribution in [3.8, 4) is 0 Å². The minimum Gasteiger partial charge on any atom is -0.300 e. The molecule has 106 valence electrons. The molecule has 0 atom stereocenters. The Hall–Kier alpha value is -1.53. The molecule has 0 aliphatic carbocycles. The highest BCUT2D eigenvalue weighted by Gasteiger charge is 2.34. The molecule has 2 heterocycles. The predicted octanol–water partition coefficient (Wildman–Crippen LogP) is 3.62. The molecule has 0 unspecified atom stereocenters. The maximum Gasteiger partial charge on any atom is 0.431 e. The molecular weight excluding hydrogens is 316 g/mol. The highest BCUT2D eigenvalue weighted by molar-refractivity contribution is 6.32. The normalized spacial score (nSPS) is 11.7. The third kappa shape index (κ3) is 3.13. The first-order chi connectivity index (χ1) is 9.29. The Kier molecular flexibility index (Phi) is 4.06. The Bertz CT molecular complexity index is 698. The minimum atomic E-state index is -4.63. The zero-order chi connectivity index (χ0) is 14.9. The van der Waals surface area contributed by atoms with Gasteiger partial charge in [0.2, 0.25) is 0 Å². The fourth-order valence-electron chi connectivity index (χ4n) is 1.66. The Labute approximate surface area is 121 Å². The van der Waals surface area contributed by atoms with Gasteiger partial charge in [0.1, 0.15) is 16.0 Å². The SMILES string of the molecule is O=c1cccc(C(F)(F)F)n1Cc1ccc(Cl)nc1Cl. The van der Waals surface area contributed by atoms with E-state index in [0.29, 0.717) is 4.57 Å². The van der Waals surface area contributed by atoms with Gasteiger partial charge in [-0.2, -0.15) is 13.2 Å². The number of hydrogen-bond donors (Lipinski definition) is 0. The lowest BCUT2D eigenvalue weighted by molar-refractivity contribution is -0.144. The lowest BCUT2D eigenvalue weighted by Crippen LogP contribution is -2.27. The lowest BCUT2D eigenvalue weighted by Gasteiger charge is -2.15. The largest absolute Gasteiger partial charge is 0.431 e. The second-order valence-electron chi connectivity index (χ2n) is 3.92. The van der Waals surface area contributed by atoms with Gasteiger partial charge in [-0.15, -0.1) is 0 Å². The molecular formula is C12H7Cl2F3N2O. The molecule has 8 heteroatoms. The average molecular weight is 323 g/mol. The van der Waals surface area contributed by atoms with Crippen LogP contribution in [-0.2, 0) is 12.7 Å². The number of alkyl halides is 3. The molecule has 2 aromatic rings. The quantitative estimate of drug-likeness (QED) is 0.791. The third-order valence-electron chi connectivity index (χ3n) is 2.56. The Morgan fingerprint density at radius 2 is 1.85 bits per heavy atom. The van der Waals surface area contributed by atoms with Crippen molar-refractivity contribution in [2.24, 2.45) is 0 Å². The van der Waals surface area contributed by atoms with Crippen LogP contribution >= 0.6 is 23.2 Å². The van der Waals surface area contributed by atoms with Gasteiger partial charge in [0.25, 0.3) is 5.56 Å². The summed E-state index contributed by atoms with van der Waals surface area (Å²) in [5.41, 5.74) is -1.54. The first kappa shape index (κ1) is 14.9. The summed E-state index contributed by atoms with van der Waals surface area (Å²) >= 11 is 11.4. The molecule has 0 bridgehead atoms. The summed E-state index contributed by atoms with van der Waals surface area (Å²) in [6.07, 6.45) is -4.63. The molecule has 0 amide bonds. The molecule has 2 aromatic heterocycles. The van der Waals surface area contributed by atoms with Gasteiger partial charge < -0.3 is 0 Å². The predicted molar refractivity (Wildman–Crippen MR) is 69.1 cm³/mol. The van der Waals surface area contributed by atoms with E-state index in [0.717, 1.165) is 18.2 Å². The van der Waals surface area contributed by atoms with Gasteiger partial charge in [0.05, 0.1) is 6.54 Å². The molecule has 2 rings (SSSR count). The van der Waals surface area contributed by atoms with Gasteiger partial charge in [0.15, 0.2) is 0 Å². The van der Waals surface area contributed by atoms with E-state index in [1.165, 1.54) is 12.1 Å². The van der Waals surface area contributed by atoms with E-state index in [-0.39, 0.29) is 22.4 Å². The number of halogens is 5. The van der Waals surface area contributed by atoms with Crippen molar-refractivity contribution < 1.29 is 13.2 Å². The van der Waals surface area contributed by atoms with Crippen LogP contribution in [0.25, 0.3) is 0 Å². The van der Waals surface area contributed by atoms with Crippen molar-refractivity contribution in [2.45, 2.75) is 12.7 Å². The van der Waals surface area contributed by atoms with Crippen molar-refractivity contribution in [3.63, 3.8) is 0 Å². The van der Waals surface area contributed by atoms with E-state index >= 15 is 0 Å². The summed E-state index contributed by atoms with van der Waals surface area (Å²) in [5, 5.41) is 0.0802. The van der Waals surface area contributed by atoms with E-state index in [4.69, 9.17) is 23.2 Å². The zero-order valence-electron chi connectivity index (χ0n) is 9.79. The highest BCUT2D eigenvalue weighted by atomic mass is 35.5. The van der Waals surface area contributed by atoms with Gasteiger partial charge in [-0.05, 0) is 12.1 Å². The fourth-order valence-corrected chi connectivity index (χ4v) is 2.06. The summed E-state index contributed by atoms with van der Waals surface area (Å²) in [7, 11) is 0. The van der Waals surface area contributed by atoms with Crippen LogP contribution in [0.15, 0.2) is 35.1 Å². The number of aromatic nitrogens is 2. The van der Waals surface area contributed by atoms with Crippen LogP contribution in [0.4, 0.5) is 13.2 Å². The second kappa shape index (κ2) is 5.46. The van der Waals surface area contributed by atoms with Crippen LogP contribution in [0.2, 0.25) is 10.3 Å². The summed E-state index contributed by atoms with van der Waals surface area (Å²) in [6, 6.07) is 5.76. The van der Waals surface area contributed by atoms with Crippen LogP contribution in [0.5, 0.6) is 0 Å². The first-order valence-electron chi connectivity index (χ1n) is 5.37. The van der Waals surface area contributed by atoms with Crippen molar-refractivity contribution in [3.05, 3.63) is 62.2 Å². The topological polar surface area (TPSA) is 34.9 Å². The molecule has 0 N–H and O–H groups in total. The number of pyridine rings is 2. The summed E-state index contributed by atoms with van der Waals surface area (Å²) in [6.45, 7) is -0.336. The van der Waals surface area contributed by atoms with Crippen LogP contribution in [0, 0.1) is 0 Å². The standard InChI is InChI=1S/C12H7Cl2F3N2O/c13-9-5-4-7(11(14)18-9)6-19-8(12(15,16)17)2-1-3-10(19)20/h1-5H,6H2. The molecule has 3 nitrogen and oxygen atoms in total. The van der Waals surface area contributed by atoms with Crippen LogP contribution in [0.1, 0.15) is 11.3 Å². The third-order valence-corrected chi connectivity index (χ3v) is 3.10. The Balaban J connectivity index is 2.51. The van der Waals surface area contributed by atoms with Crippen LogP contribution < -0.4 is 5.56 Å². The molecule has 0 radical (unpaired) electrons. The Morgan fingerprint density at radius 3 is 2.45 bits per heavy atom. The van der Waals surface area contributed by atoms with Crippen molar-refractivity contribution in [1.29, 1.82) is 0 Å². The summed E-state index contributed by atoms with van der Waals surface area (Å²) in [4.78, 5) is 15.4. The molecule has 20 heavy (non-hydrogen) atoms. The maximum absolute atomic E-state index is 12.9. The second-order valence-corrected chi connectivity index (χ2v) is 4.66. The van der Waals surface area contributed by atoms with Crippen molar-refractivity contribution in [2.75, 3.05) is 0 Å². The summed E-state index contributed by atoms with van der Waals surface area (Å²) in [5.74, 6) is 0. The molecule has 0 saturated heterocycles. The molecule has 0 spiro atoms.